The van der Waals surface area contributed by atoms with Gasteiger partial charge in [-0.05, 0) is 50.0 Å². The number of nitrogens with one attached hydrogen (secondary N) is 1. The lowest BCUT2D eigenvalue weighted by Gasteiger charge is -2.26. The maximum Gasteiger partial charge on any atom is 0.0599 e. The lowest BCUT2D eigenvalue weighted by Crippen LogP contribution is -2.41. The molecule has 2 saturated carbocycles. The van der Waals surface area contributed by atoms with Gasteiger partial charge in [0.25, 0.3) is 0 Å². The molecule has 3 unspecified atom stereocenters. The molecular formula is C15H24N2. The van der Waals surface area contributed by atoms with Crippen LogP contribution in [0.2, 0.25) is 0 Å². The smallest absolute Gasteiger partial charge is 0.0599 e. The maximum atomic E-state index is 5.49. The number of hydrogen-bond donors (Lipinski definition) is 1. The minimum absolute atomic E-state index is 0.717. The largest absolute Gasteiger partial charge is 0.312 e. The van der Waals surface area contributed by atoms with Gasteiger partial charge in [0, 0.05) is 19.1 Å². The molecule has 1 aliphatic heterocycles. The van der Waals surface area contributed by atoms with Crippen LogP contribution in [-0.4, -0.2) is 37.1 Å². The normalized spacial score (nSPS) is 36.1. The van der Waals surface area contributed by atoms with E-state index in [4.69, 9.17) is 6.42 Å². The molecule has 2 heteroatoms. The van der Waals surface area contributed by atoms with Crippen molar-refractivity contribution in [1.82, 2.24) is 10.2 Å². The Morgan fingerprint density at radius 3 is 2.82 bits per heavy atom. The molecule has 0 spiro atoms. The summed E-state index contributed by atoms with van der Waals surface area (Å²) in [5, 5.41) is 3.73. The van der Waals surface area contributed by atoms with E-state index in [0.29, 0.717) is 0 Å². The van der Waals surface area contributed by atoms with Crippen LogP contribution in [-0.2, 0) is 0 Å². The van der Waals surface area contributed by atoms with Crippen LogP contribution in [0.5, 0.6) is 0 Å². The van der Waals surface area contributed by atoms with Crippen molar-refractivity contribution < 1.29 is 0 Å². The predicted molar refractivity (Wildman–Crippen MR) is 70.6 cm³/mol. The van der Waals surface area contributed by atoms with Crippen LogP contribution in [0, 0.1) is 30.1 Å². The van der Waals surface area contributed by atoms with E-state index in [1.165, 1.54) is 51.7 Å². The first kappa shape index (κ1) is 11.6. The van der Waals surface area contributed by atoms with E-state index in [2.05, 4.69) is 16.1 Å². The molecule has 0 bridgehead atoms. The molecule has 94 valence electrons. The summed E-state index contributed by atoms with van der Waals surface area (Å²) >= 11 is 0. The fraction of sp³-hybridized carbons (Fsp3) is 0.867. The zero-order valence-electron chi connectivity index (χ0n) is 10.7. The predicted octanol–water partition coefficient (Wildman–Crippen LogP) is 1.72. The van der Waals surface area contributed by atoms with Crippen LogP contribution >= 0.6 is 0 Å². The summed E-state index contributed by atoms with van der Waals surface area (Å²) in [7, 11) is 0. The van der Waals surface area contributed by atoms with E-state index in [1.807, 2.05) is 0 Å². The van der Waals surface area contributed by atoms with Crippen molar-refractivity contribution in [2.45, 2.75) is 38.1 Å². The van der Waals surface area contributed by atoms with Crippen molar-refractivity contribution in [2.75, 3.05) is 26.2 Å². The Bertz CT molecular complexity index is 303. The molecule has 2 nitrogen and oxygen atoms in total. The molecule has 1 heterocycles. The van der Waals surface area contributed by atoms with Gasteiger partial charge in [-0.25, -0.2) is 0 Å². The van der Waals surface area contributed by atoms with Crippen molar-refractivity contribution in [2.24, 2.45) is 17.8 Å². The summed E-state index contributed by atoms with van der Waals surface area (Å²) in [6, 6.07) is 0.717. The highest BCUT2D eigenvalue weighted by atomic mass is 15.2. The molecule has 3 rings (SSSR count). The van der Waals surface area contributed by atoms with E-state index in [0.717, 1.165) is 30.3 Å². The van der Waals surface area contributed by atoms with Gasteiger partial charge < -0.3 is 5.32 Å². The van der Waals surface area contributed by atoms with Gasteiger partial charge in [-0.2, -0.15) is 0 Å². The van der Waals surface area contributed by atoms with Crippen LogP contribution in [0.15, 0.2) is 0 Å². The Morgan fingerprint density at radius 1 is 1.18 bits per heavy atom. The zero-order valence-corrected chi connectivity index (χ0v) is 10.7. The van der Waals surface area contributed by atoms with Crippen molar-refractivity contribution in [3.8, 4) is 12.3 Å². The quantitative estimate of drug-likeness (QED) is 0.726. The van der Waals surface area contributed by atoms with Crippen molar-refractivity contribution in [3.05, 3.63) is 0 Å². The molecular weight excluding hydrogens is 208 g/mol. The van der Waals surface area contributed by atoms with Crippen LogP contribution in [0.1, 0.15) is 32.1 Å². The van der Waals surface area contributed by atoms with Gasteiger partial charge in [0.1, 0.15) is 0 Å². The third-order valence-corrected chi connectivity index (χ3v) is 4.86. The van der Waals surface area contributed by atoms with E-state index in [1.54, 1.807) is 0 Å². The van der Waals surface area contributed by atoms with Crippen LogP contribution in [0.25, 0.3) is 0 Å². The topological polar surface area (TPSA) is 15.3 Å². The zero-order chi connectivity index (χ0) is 11.7. The van der Waals surface area contributed by atoms with Gasteiger partial charge in [0.2, 0.25) is 0 Å². The first-order valence-electron chi connectivity index (χ1n) is 7.26. The minimum Gasteiger partial charge on any atom is -0.312 e. The van der Waals surface area contributed by atoms with E-state index in [-0.39, 0.29) is 0 Å². The van der Waals surface area contributed by atoms with Crippen LogP contribution in [0.3, 0.4) is 0 Å². The molecule has 3 fully saturated rings. The monoisotopic (exact) mass is 232 g/mol. The lowest BCUT2D eigenvalue weighted by atomic mass is 9.94. The third-order valence-electron chi connectivity index (χ3n) is 4.86. The fourth-order valence-electron chi connectivity index (χ4n) is 3.78. The van der Waals surface area contributed by atoms with Gasteiger partial charge in [-0.3, -0.25) is 4.90 Å². The summed E-state index contributed by atoms with van der Waals surface area (Å²) in [5.41, 5.74) is 0. The van der Waals surface area contributed by atoms with Gasteiger partial charge >= 0.3 is 0 Å². The highest BCUT2D eigenvalue weighted by Gasteiger charge is 2.39. The number of nitrogens with zero attached hydrogens (tertiary/aromatic N) is 1. The van der Waals surface area contributed by atoms with E-state index < -0.39 is 0 Å². The summed E-state index contributed by atoms with van der Waals surface area (Å²) in [6.45, 7) is 4.51. The molecule has 1 N–H and O–H groups in total. The molecule has 0 aromatic heterocycles. The Labute approximate surface area is 105 Å². The molecule has 1 saturated heterocycles. The van der Waals surface area contributed by atoms with Gasteiger partial charge in [-0.1, -0.05) is 12.3 Å². The first-order valence-corrected chi connectivity index (χ1v) is 7.26. The minimum atomic E-state index is 0.717. The fourth-order valence-corrected chi connectivity index (χ4v) is 3.78. The first-order chi connectivity index (χ1) is 8.36. The van der Waals surface area contributed by atoms with Gasteiger partial charge in [0.05, 0.1) is 6.54 Å². The van der Waals surface area contributed by atoms with Crippen molar-refractivity contribution >= 4 is 0 Å². The molecule has 3 atom stereocenters. The maximum absolute atomic E-state index is 5.49. The highest BCUT2D eigenvalue weighted by molar-refractivity contribution is 4.98. The summed E-state index contributed by atoms with van der Waals surface area (Å²) < 4.78 is 0. The van der Waals surface area contributed by atoms with Gasteiger partial charge in [-0.15, -0.1) is 6.42 Å². The number of hydrogen-bond acceptors (Lipinski definition) is 2. The van der Waals surface area contributed by atoms with E-state index >= 15 is 0 Å². The molecule has 0 radical (unpaired) electrons. The average Bonchev–Trinajstić information content (AvgIpc) is 2.88. The number of rotatable bonds is 5. The molecule has 0 aromatic rings. The summed E-state index contributed by atoms with van der Waals surface area (Å²) in [6.07, 6.45) is 12.7. The van der Waals surface area contributed by atoms with E-state index in [9.17, 15) is 0 Å². The molecule has 0 amide bonds. The Kier molecular flexibility index (Phi) is 3.40. The Balaban J connectivity index is 1.54. The summed E-state index contributed by atoms with van der Waals surface area (Å²) in [5.74, 6) is 5.69. The molecule has 3 aliphatic rings. The Morgan fingerprint density at radius 2 is 2.06 bits per heavy atom. The standard InChI is InChI=1S/C15H24N2/c1-2-8-17(10-12-6-7-12)11-15-14-5-3-4-13(14)9-16-15/h1,12-16H,3-11H2. The lowest BCUT2D eigenvalue weighted by molar-refractivity contribution is 0.240. The SMILES string of the molecule is C#CCN(CC1CC1)CC1NCC2CCCC21. The second-order valence-electron chi connectivity index (χ2n) is 6.21. The highest BCUT2D eigenvalue weighted by Crippen LogP contribution is 2.38. The molecule has 0 aromatic carbocycles. The van der Waals surface area contributed by atoms with Crippen LogP contribution in [0.4, 0.5) is 0 Å². The number of fused-ring (bicyclic) bond motifs is 1. The van der Waals surface area contributed by atoms with Crippen molar-refractivity contribution in [1.29, 1.82) is 0 Å². The van der Waals surface area contributed by atoms with Gasteiger partial charge in [0.15, 0.2) is 0 Å². The molecule has 17 heavy (non-hydrogen) atoms. The van der Waals surface area contributed by atoms with Crippen LogP contribution < -0.4 is 5.32 Å². The molecule has 2 aliphatic carbocycles. The second-order valence-corrected chi connectivity index (χ2v) is 6.21. The third kappa shape index (κ3) is 2.67. The summed E-state index contributed by atoms with van der Waals surface area (Å²) in [4.78, 5) is 2.51. The number of terminal acetylenes is 1. The Hall–Kier alpha value is -0.520. The van der Waals surface area contributed by atoms with Crippen molar-refractivity contribution in [3.63, 3.8) is 0 Å². The average molecular weight is 232 g/mol. The second kappa shape index (κ2) is 5.00.